The molecule has 164 valence electrons. The number of hydrogen-bond donors (Lipinski definition) is 0. The van der Waals surface area contributed by atoms with Crippen molar-refractivity contribution in [3.63, 3.8) is 0 Å². The normalized spacial score (nSPS) is 20.5. The van der Waals surface area contributed by atoms with Gasteiger partial charge in [0, 0.05) is 12.1 Å². The monoisotopic (exact) mass is 441 g/mol. The van der Waals surface area contributed by atoms with Gasteiger partial charge in [-0.05, 0) is 36.5 Å². The predicted molar refractivity (Wildman–Crippen MR) is 118 cm³/mol. The molecule has 2 aromatic rings. The molecule has 7 heteroatoms. The van der Waals surface area contributed by atoms with Crippen molar-refractivity contribution >= 4 is 21.7 Å². The molecule has 1 aliphatic heterocycles. The van der Waals surface area contributed by atoms with E-state index in [1.807, 2.05) is 42.5 Å². The van der Waals surface area contributed by atoms with E-state index in [1.54, 1.807) is 17.0 Å². The van der Waals surface area contributed by atoms with Crippen LogP contribution in [0.25, 0.3) is 11.1 Å². The largest absolute Gasteiger partial charge is 0.452 e. The Labute approximate surface area is 183 Å². The highest BCUT2D eigenvalue weighted by atomic mass is 32.2. The zero-order chi connectivity index (χ0) is 21.8. The van der Waals surface area contributed by atoms with Crippen molar-refractivity contribution in [1.82, 2.24) is 4.90 Å². The lowest BCUT2D eigenvalue weighted by atomic mass is 10.00. The van der Waals surface area contributed by atoms with Gasteiger partial charge in [0.25, 0.3) is 5.91 Å². The van der Waals surface area contributed by atoms with Gasteiger partial charge in [0.2, 0.25) is 0 Å². The molecule has 0 bridgehead atoms. The average Bonchev–Trinajstić information content (AvgIpc) is 3.43. The lowest BCUT2D eigenvalue weighted by molar-refractivity contribution is -0.139. The summed E-state index contributed by atoms with van der Waals surface area (Å²) >= 11 is 0. The lowest BCUT2D eigenvalue weighted by Gasteiger charge is -2.33. The molecule has 2 aromatic carbocycles. The number of ether oxygens (including phenoxy) is 1. The van der Waals surface area contributed by atoms with Gasteiger partial charge >= 0.3 is 5.97 Å². The van der Waals surface area contributed by atoms with E-state index < -0.39 is 15.8 Å². The molecular formula is C24H27NO5S. The van der Waals surface area contributed by atoms with E-state index in [0.717, 1.165) is 36.8 Å². The first-order valence-corrected chi connectivity index (χ1v) is 12.6. The number of carbonyl (C=O) groups is 2. The molecule has 1 atom stereocenters. The quantitative estimate of drug-likeness (QED) is 0.641. The van der Waals surface area contributed by atoms with E-state index in [-0.39, 0.29) is 36.1 Å². The molecule has 6 nitrogen and oxygen atoms in total. The van der Waals surface area contributed by atoms with Crippen LogP contribution in [0.15, 0.2) is 54.6 Å². The lowest BCUT2D eigenvalue weighted by Crippen LogP contribution is -2.48. The van der Waals surface area contributed by atoms with Crippen molar-refractivity contribution in [1.29, 1.82) is 0 Å². The Hall–Kier alpha value is -2.67. The van der Waals surface area contributed by atoms with Crippen LogP contribution in [0.2, 0.25) is 0 Å². The third-order valence-corrected chi connectivity index (χ3v) is 7.92. The average molecular weight is 442 g/mol. The number of sulfone groups is 1. The highest BCUT2D eigenvalue weighted by Crippen LogP contribution is 2.29. The van der Waals surface area contributed by atoms with Crippen LogP contribution in [0.4, 0.5) is 0 Å². The topological polar surface area (TPSA) is 80.8 Å². The van der Waals surface area contributed by atoms with Crippen LogP contribution in [0, 0.1) is 0 Å². The smallest absolute Gasteiger partial charge is 0.339 e. The summed E-state index contributed by atoms with van der Waals surface area (Å²) in [7, 11) is -3.12. The van der Waals surface area contributed by atoms with Gasteiger partial charge in [0.05, 0.1) is 17.1 Å². The Balaban J connectivity index is 1.48. The third kappa shape index (κ3) is 4.98. The molecule has 2 fully saturated rings. The molecule has 31 heavy (non-hydrogen) atoms. The predicted octanol–water partition coefficient (Wildman–Crippen LogP) is 3.47. The summed E-state index contributed by atoms with van der Waals surface area (Å²) < 4.78 is 29.4. The van der Waals surface area contributed by atoms with Crippen LogP contribution in [-0.2, 0) is 19.4 Å². The van der Waals surface area contributed by atoms with E-state index in [0.29, 0.717) is 12.0 Å². The van der Waals surface area contributed by atoms with Gasteiger partial charge in [-0.2, -0.15) is 0 Å². The molecular weight excluding hydrogens is 414 g/mol. The fraction of sp³-hybridized carbons (Fsp3) is 0.417. The first-order chi connectivity index (χ1) is 14.9. The van der Waals surface area contributed by atoms with E-state index in [1.165, 1.54) is 0 Å². The second-order valence-electron chi connectivity index (χ2n) is 8.28. The zero-order valence-electron chi connectivity index (χ0n) is 17.4. The van der Waals surface area contributed by atoms with Crippen LogP contribution >= 0.6 is 0 Å². The molecule has 0 aromatic heterocycles. The second-order valence-corrected chi connectivity index (χ2v) is 10.5. The summed E-state index contributed by atoms with van der Waals surface area (Å²) in [5, 5.41) is 0. The molecule has 1 amide bonds. The number of nitrogens with zero attached hydrogens (tertiary/aromatic N) is 1. The standard InChI is InChI=1S/C24H27NO5S/c26-23(25(19-10-4-5-11-19)20-14-15-31(28,29)17-20)16-30-24(27)22-13-7-6-12-21(22)18-8-2-1-3-9-18/h1-3,6-9,12-13,19-20H,4-5,10-11,14-17H2. The molecule has 1 heterocycles. The molecule has 1 aliphatic carbocycles. The van der Waals surface area contributed by atoms with Crippen molar-refractivity contribution in [2.75, 3.05) is 18.1 Å². The molecule has 0 spiro atoms. The molecule has 1 saturated carbocycles. The van der Waals surface area contributed by atoms with Gasteiger partial charge < -0.3 is 9.64 Å². The first-order valence-electron chi connectivity index (χ1n) is 10.8. The SMILES string of the molecule is O=C(OCC(=O)N(C1CCCC1)C1CCS(=O)(=O)C1)c1ccccc1-c1ccccc1. The summed E-state index contributed by atoms with van der Waals surface area (Å²) in [5.74, 6) is -0.754. The molecule has 1 saturated heterocycles. The number of carbonyl (C=O) groups excluding carboxylic acids is 2. The van der Waals surface area contributed by atoms with Crippen LogP contribution in [0.3, 0.4) is 0 Å². The minimum atomic E-state index is -3.12. The van der Waals surface area contributed by atoms with E-state index in [2.05, 4.69) is 0 Å². The third-order valence-electron chi connectivity index (χ3n) is 6.17. The maximum Gasteiger partial charge on any atom is 0.339 e. The zero-order valence-corrected chi connectivity index (χ0v) is 18.2. The van der Waals surface area contributed by atoms with E-state index >= 15 is 0 Å². The van der Waals surface area contributed by atoms with Gasteiger partial charge in [-0.3, -0.25) is 4.79 Å². The fourth-order valence-corrected chi connectivity index (χ4v) is 6.40. The van der Waals surface area contributed by atoms with Crippen LogP contribution in [0.1, 0.15) is 42.5 Å². The molecule has 0 radical (unpaired) electrons. The van der Waals surface area contributed by atoms with Crippen molar-refractivity contribution in [3.8, 4) is 11.1 Å². The summed E-state index contributed by atoms with van der Waals surface area (Å²) in [5.41, 5.74) is 2.04. The number of esters is 1. The summed E-state index contributed by atoms with van der Waals surface area (Å²) in [6.45, 7) is -0.380. The number of rotatable bonds is 6. The van der Waals surface area contributed by atoms with Crippen molar-refractivity contribution < 1.29 is 22.7 Å². The number of amides is 1. The van der Waals surface area contributed by atoms with Crippen LogP contribution < -0.4 is 0 Å². The molecule has 0 N–H and O–H groups in total. The van der Waals surface area contributed by atoms with Crippen molar-refractivity contribution in [3.05, 3.63) is 60.2 Å². The Bertz CT molecular complexity index is 1040. The van der Waals surface area contributed by atoms with Crippen molar-refractivity contribution in [2.24, 2.45) is 0 Å². The maximum atomic E-state index is 13.1. The Kier molecular flexibility index (Phi) is 6.41. The number of hydrogen-bond acceptors (Lipinski definition) is 5. The van der Waals surface area contributed by atoms with Gasteiger partial charge in [-0.15, -0.1) is 0 Å². The summed E-state index contributed by atoms with van der Waals surface area (Å²) in [6.07, 6.45) is 4.24. The first kappa shape index (κ1) is 21.6. The highest BCUT2D eigenvalue weighted by molar-refractivity contribution is 7.91. The van der Waals surface area contributed by atoms with Crippen LogP contribution in [0.5, 0.6) is 0 Å². The minimum absolute atomic E-state index is 0.0000268. The molecule has 1 unspecified atom stereocenters. The van der Waals surface area contributed by atoms with Gasteiger partial charge in [-0.1, -0.05) is 61.4 Å². The van der Waals surface area contributed by atoms with Crippen LogP contribution in [-0.4, -0.2) is 55.4 Å². The Morgan fingerprint density at radius 3 is 2.26 bits per heavy atom. The van der Waals surface area contributed by atoms with E-state index in [9.17, 15) is 18.0 Å². The molecule has 2 aliphatic rings. The van der Waals surface area contributed by atoms with Gasteiger partial charge in [0.1, 0.15) is 0 Å². The fourth-order valence-electron chi connectivity index (χ4n) is 4.69. The number of benzene rings is 2. The minimum Gasteiger partial charge on any atom is -0.452 e. The highest BCUT2D eigenvalue weighted by Gasteiger charge is 2.39. The maximum absolute atomic E-state index is 13.1. The second kappa shape index (κ2) is 9.22. The van der Waals surface area contributed by atoms with Gasteiger partial charge in [-0.25, -0.2) is 13.2 Å². The van der Waals surface area contributed by atoms with E-state index in [4.69, 9.17) is 4.74 Å². The van der Waals surface area contributed by atoms with Gasteiger partial charge in [0.15, 0.2) is 16.4 Å². The Morgan fingerprint density at radius 1 is 0.903 bits per heavy atom. The summed E-state index contributed by atoms with van der Waals surface area (Å²) in [6, 6.07) is 16.4. The molecule has 4 rings (SSSR count). The summed E-state index contributed by atoms with van der Waals surface area (Å²) in [4.78, 5) is 27.6. The van der Waals surface area contributed by atoms with Crippen molar-refractivity contribution in [2.45, 2.75) is 44.2 Å². The Morgan fingerprint density at radius 2 is 1.58 bits per heavy atom.